The van der Waals surface area contributed by atoms with Crippen molar-refractivity contribution < 1.29 is 4.79 Å². The Labute approximate surface area is 124 Å². The largest absolute Gasteiger partial charge is 0.276 e. The van der Waals surface area contributed by atoms with Gasteiger partial charge in [0.25, 0.3) is 0 Å². The normalized spacial score (nSPS) is 14.9. The molecule has 0 heterocycles. The van der Waals surface area contributed by atoms with E-state index in [1.807, 2.05) is 13.0 Å². The van der Waals surface area contributed by atoms with Crippen molar-refractivity contribution in [3.8, 4) is 0 Å². The van der Waals surface area contributed by atoms with Crippen molar-refractivity contribution in [2.24, 2.45) is 11.3 Å². The molecule has 0 fully saturated rings. The first-order valence-electron chi connectivity index (χ1n) is 7.31. The molecule has 0 aliphatic rings. The highest BCUT2D eigenvalue weighted by atomic mass is 35.5. The first-order valence-corrected chi connectivity index (χ1v) is 7.69. The van der Waals surface area contributed by atoms with Gasteiger partial charge in [-0.25, -0.2) is 0 Å². The molecule has 0 aliphatic heterocycles. The molecular formula is C17H29ClO. The second-order valence-electron chi connectivity index (χ2n) is 6.35. The molecule has 1 nitrogen and oxygen atoms in total. The van der Waals surface area contributed by atoms with E-state index in [-0.39, 0.29) is 0 Å². The standard InChI is InChI=1S/C17H29ClO/c1-6-17(4,5)12-8-11-14(2)9-7-10-15(3)13-16(18)19/h7,10,13-14H,6,8-9,11-12H2,1-5H3. The predicted molar refractivity (Wildman–Crippen MR) is 85.5 cm³/mol. The predicted octanol–water partition coefficient (Wildman–Crippen LogP) is 5.89. The van der Waals surface area contributed by atoms with Gasteiger partial charge < -0.3 is 0 Å². The molecule has 0 bridgehead atoms. The van der Waals surface area contributed by atoms with Gasteiger partial charge in [-0.2, -0.15) is 0 Å². The minimum atomic E-state index is -0.406. The molecule has 1 unspecified atom stereocenters. The van der Waals surface area contributed by atoms with E-state index in [9.17, 15) is 4.79 Å². The van der Waals surface area contributed by atoms with Crippen molar-refractivity contribution in [3.05, 3.63) is 23.8 Å². The zero-order valence-electron chi connectivity index (χ0n) is 13.1. The second-order valence-corrected chi connectivity index (χ2v) is 6.72. The lowest BCUT2D eigenvalue weighted by atomic mass is 9.83. The summed E-state index contributed by atoms with van der Waals surface area (Å²) in [5.41, 5.74) is 1.40. The lowest BCUT2D eigenvalue weighted by Gasteiger charge is -2.23. The Balaban J connectivity index is 3.91. The van der Waals surface area contributed by atoms with Gasteiger partial charge in [-0.15, -0.1) is 0 Å². The molecule has 19 heavy (non-hydrogen) atoms. The molecule has 0 aromatic rings. The third kappa shape index (κ3) is 11.0. The summed E-state index contributed by atoms with van der Waals surface area (Å²) < 4.78 is 0. The van der Waals surface area contributed by atoms with Crippen LogP contribution in [-0.2, 0) is 4.79 Å². The number of halogens is 1. The fraction of sp³-hybridized carbons (Fsp3) is 0.706. The molecule has 0 aromatic carbocycles. The Morgan fingerprint density at radius 3 is 2.53 bits per heavy atom. The molecule has 2 heteroatoms. The number of allylic oxidation sites excluding steroid dienone is 4. The third-order valence-electron chi connectivity index (χ3n) is 3.77. The van der Waals surface area contributed by atoms with Gasteiger partial charge in [-0.1, -0.05) is 59.1 Å². The van der Waals surface area contributed by atoms with Crippen molar-refractivity contribution in [2.75, 3.05) is 0 Å². The zero-order chi connectivity index (χ0) is 14.9. The Kier molecular flexibility index (Phi) is 9.08. The Bertz CT molecular complexity index is 326. The van der Waals surface area contributed by atoms with Crippen molar-refractivity contribution in [1.29, 1.82) is 0 Å². The summed E-state index contributed by atoms with van der Waals surface area (Å²) in [6, 6.07) is 0. The van der Waals surface area contributed by atoms with Crippen LogP contribution in [0.25, 0.3) is 0 Å². The fourth-order valence-electron chi connectivity index (χ4n) is 1.94. The van der Waals surface area contributed by atoms with E-state index in [0.717, 1.165) is 12.0 Å². The highest BCUT2D eigenvalue weighted by Gasteiger charge is 2.14. The molecule has 0 radical (unpaired) electrons. The molecule has 0 N–H and O–H groups in total. The maximum absolute atomic E-state index is 10.7. The smallest absolute Gasteiger partial charge is 0.245 e. The lowest BCUT2D eigenvalue weighted by Crippen LogP contribution is -2.09. The summed E-state index contributed by atoms with van der Waals surface area (Å²) in [6.07, 6.45) is 11.7. The number of rotatable bonds is 9. The molecule has 0 saturated carbocycles. The average Bonchev–Trinajstić information content (AvgIpc) is 2.27. The van der Waals surface area contributed by atoms with Gasteiger partial charge >= 0.3 is 0 Å². The van der Waals surface area contributed by atoms with Crippen molar-refractivity contribution in [2.45, 2.75) is 66.7 Å². The van der Waals surface area contributed by atoms with Crippen LogP contribution in [0, 0.1) is 11.3 Å². The van der Waals surface area contributed by atoms with Crippen LogP contribution < -0.4 is 0 Å². The summed E-state index contributed by atoms with van der Waals surface area (Å²) in [7, 11) is 0. The highest BCUT2D eigenvalue weighted by Crippen LogP contribution is 2.28. The minimum Gasteiger partial charge on any atom is -0.276 e. The van der Waals surface area contributed by atoms with Crippen LogP contribution in [0.3, 0.4) is 0 Å². The topological polar surface area (TPSA) is 17.1 Å². The molecule has 0 rings (SSSR count). The average molecular weight is 285 g/mol. The van der Waals surface area contributed by atoms with E-state index in [1.165, 1.54) is 31.8 Å². The summed E-state index contributed by atoms with van der Waals surface area (Å²) in [5.74, 6) is 0.698. The molecule has 0 saturated heterocycles. The van der Waals surface area contributed by atoms with Crippen molar-refractivity contribution >= 4 is 16.8 Å². The number of hydrogen-bond acceptors (Lipinski definition) is 1. The zero-order valence-corrected chi connectivity index (χ0v) is 13.9. The second kappa shape index (κ2) is 9.36. The van der Waals surface area contributed by atoms with Crippen LogP contribution in [0.4, 0.5) is 0 Å². The molecule has 1 atom stereocenters. The summed E-state index contributed by atoms with van der Waals surface area (Å²) in [5, 5.41) is -0.406. The van der Waals surface area contributed by atoms with Crippen LogP contribution in [0.1, 0.15) is 66.7 Å². The van der Waals surface area contributed by atoms with Gasteiger partial charge in [0.05, 0.1) is 0 Å². The van der Waals surface area contributed by atoms with Gasteiger partial charge in [0.2, 0.25) is 5.24 Å². The van der Waals surface area contributed by atoms with Crippen LogP contribution >= 0.6 is 11.6 Å². The van der Waals surface area contributed by atoms with E-state index in [1.54, 1.807) is 0 Å². The molecule has 0 aliphatic carbocycles. The third-order valence-corrected chi connectivity index (χ3v) is 3.88. The van der Waals surface area contributed by atoms with Crippen LogP contribution in [0.15, 0.2) is 23.8 Å². The Morgan fingerprint density at radius 1 is 1.37 bits per heavy atom. The monoisotopic (exact) mass is 284 g/mol. The summed E-state index contributed by atoms with van der Waals surface area (Å²) in [4.78, 5) is 10.7. The van der Waals surface area contributed by atoms with E-state index in [2.05, 4.69) is 33.8 Å². The van der Waals surface area contributed by atoms with Gasteiger partial charge in [-0.05, 0) is 48.3 Å². The molecule has 110 valence electrons. The first kappa shape index (κ1) is 18.4. The lowest BCUT2D eigenvalue weighted by molar-refractivity contribution is -0.107. The maximum atomic E-state index is 10.7. The molecule has 0 amide bonds. The van der Waals surface area contributed by atoms with Gasteiger partial charge in [0.1, 0.15) is 0 Å². The highest BCUT2D eigenvalue weighted by molar-refractivity contribution is 6.66. The maximum Gasteiger partial charge on any atom is 0.245 e. The molecule has 0 spiro atoms. The van der Waals surface area contributed by atoms with E-state index in [0.29, 0.717) is 11.3 Å². The quantitative estimate of drug-likeness (QED) is 0.293. The van der Waals surface area contributed by atoms with E-state index < -0.39 is 5.24 Å². The molecular weight excluding hydrogens is 256 g/mol. The van der Waals surface area contributed by atoms with Crippen LogP contribution in [0.5, 0.6) is 0 Å². The van der Waals surface area contributed by atoms with E-state index >= 15 is 0 Å². The minimum absolute atomic E-state index is 0.406. The summed E-state index contributed by atoms with van der Waals surface area (Å²) >= 11 is 5.29. The SMILES string of the molecule is CCC(C)(C)CCCC(C)CC=CC(C)=CC(=O)Cl. The van der Waals surface area contributed by atoms with Crippen LogP contribution in [0.2, 0.25) is 0 Å². The van der Waals surface area contributed by atoms with Crippen molar-refractivity contribution in [1.82, 2.24) is 0 Å². The van der Waals surface area contributed by atoms with Crippen LogP contribution in [-0.4, -0.2) is 5.24 Å². The Morgan fingerprint density at radius 2 is 2.00 bits per heavy atom. The number of hydrogen-bond donors (Lipinski definition) is 0. The first-order chi connectivity index (χ1) is 8.76. The van der Waals surface area contributed by atoms with Crippen molar-refractivity contribution in [3.63, 3.8) is 0 Å². The van der Waals surface area contributed by atoms with E-state index in [4.69, 9.17) is 11.6 Å². The van der Waals surface area contributed by atoms with Gasteiger partial charge in [-0.3, -0.25) is 4.79 Å². The Hall–Kier alpha value is -0.560. The fourth-order valence-corrected chi connectivity index (χ4v) is 2.11. The van der Waals surface area contributed by atoms with Gasteiger partial charge in [0.15, 0.2) is 0 Å². The van der Waals surface area contributed by atoms with Gasteiger partial charge in [0, 0.05) is 6.08 Å². The summed E-state index contributed by atoms with van der Waals surface area (Å²) in [6.45, 7) is 11.1. The number of carbonyl (C=O) groups excluding carboxylic acids is 1. The molecule has 0 aromatic heterocycles. The number of carbonyl (C=O) groups is 1.